The van der Waals surface area contributed by atoms with Crippen molar-refractivity contribution >= 4 is 19.9 Å². The van der Waals surface area contributed by atoms with Gasteiger partial charge in [-0.05, 0) is 70.2 Å². The molecule has 2 aromatic carbocycles. The number of aryl methyl sites for hydroxylation is 2. The first-order chi connectivity index (χ1) is 15.6. The Morgan fingerprint density at radius 2 is 1.76 bits per heavy atom. The highest BCUT2D eigenvalue weighted by atomic mass is 32.2. The first-order valence-corrected chi connectivity index (χ1v) is 13.6. The molecule has 0 saturated heterocycles. The lowest BCUT2D eigenvalue weighted by Gasteiger charge is -2.20. The number of sulfonamides is 1. The first-order valence-electron chi connectivity index (χ1n) is 10.7. The topological polar surface area (TPSA) is 84.4 Å². The standard InChI is InChI=1S/C24H25FN2O4S2/c1-17(2)21-14-20-10-9-19-7-3-4-8-22(19)32(28,29)23(20)15-24(21)33(30,31)27(25)13-11-18-6-5-12-26-16-18/h3-8,12,14-17H,9-11,13H2,1-2H3. The van der Waals surface area contributed by atoms with E-state index in [1.807, 2.05) is 0 Å². The second-order valence-electron chi connectivity index (χ2n) is 8.39. The molecule has 0 spiro atoms. The number of fused-ring (bicyclic) bond motifs is 2. The fourth-order valence-electron chi connectivity index (χ4n) is 4.10. The van der Waals surface area contributed by atoms with E-state index in [-0.39, 0.29) is 31.6 Å². The molecule has 0 radical (unpaired) electrons. The molecule has 0 saturated carbocycles. The normalized spacial score (nSPS) is 15.2. The van der Waals surface area contributed by atoms with Gasteiger partial charge in [-0.2, -0.15) is 0 Å². The van der Waals surface area contributed by atoms with Crippen molar-refractivity contribution in [2.75, 3.05) is 6.54 Å². The van der Waals surface area contributed by atoms with Crippen molar-refractivity contribution in [3.63, 3.8) is 0 Å². The number of benzene rings is 2. The molecule has 3 aromatic rings. The van der Waals surface area contributed by atoms with E-state index < -0.39 is 26.4 Å². The van der Waals surface area contributed by atoms with E-state index >= 15 is 4.48 Å². The Labute approximate surface area is 194 Å². The van der Waals surface area contributed by atoms with E-state index in [4.69, 9.17) is 0 Å². The maximum atomic E-state index is 15.0. The first kappa shape index (κ1) is 23.5. The van der Waals surface area contributed by atoms with Crippen molar-refractivity contribution in [3.05, 3.63) is 83.2 Å². The Morgan fingerprint density at radius 1 is 1.03 bits per heavy atom. The van der Waals surface area contributed by atoms with E-state index in [1.54, 1.807) is 62.6 Å². The summed E-state index contributed by atoms with van der Waals surface area (Å²) in [5.41, 5.74) is 2.34. The SMILES string of the molecule is CC(C)c1cc2c(cc1S(=O)(=O)N(F)CCc1cccnc1)S(=O)(=O)c1ccccc1CC2. The summed E-state index contributed by atoms with van der Waals surface area (Å²) in [6.07, 6.45) is 4.23. The number of pyridine rings is 1. The minimum absolute atomic E-state index is 0.0731. The predicted octanol–water partition coefficient (Wildman–Crippen LogP) is 4.25. The molecular formula is C24H25FN2O4S2. The summed E-state index contributed by atoms with van der Waals surface area (Å²) in [6, 6.07) is 12.9. The van der Waals surface area contributed by atoms with Crippen molar-refractivity contribution in [2.45, 2.75) is 53.7 Å². The van der Waals surface area contributed by atoms with E-state index in [0.29, 0.717) is 35.1 Å². The van der Waals surface area contributed by atoms with E-state index in [2.05, 4.69) is 4.98 Å². The van der Waals surface area contributed by atoms with Crippen molar-refractivity contribution in [2.24, 2.45) is 0 Å². The highest BCUT2D eigenvalue weighted by Gasteiger charge is 2.34. The average molecular weight is 489 g/mol. The van der Waals surface area contributed by atoms with Gasteiger partial charge in [-0.1, -0.05) is 44.2 Å². The number of hydrogen-bond acceptors (Lipinski definition) is 5. The maximum absolute atomic E-state index is 15.0. The summed E-state index contributed by atoms with van der Waals surface area (Å²) in [4.78, 5) is 3.73. The summed E-state index contributed by atoms with van der Waals surface area (Å²) in [7, 11) is -8.53. The maximum Gasteiger partial charge on any atom is 0.269 e. The molecule has 0 atom stereocenters. The van der Waals surface area contributed by atoms with E-state index in [1.165, 1.54) is 6.07 Å². The second kappa shape index (κ2) is 8.96. The van der Waals surface area contributed by atoms with Gasteiger partial charge in [-0.15, -0.1) is 4.48 Å². The lowest BCUT2D eigenvalue weighted by molar-refractivity contribution is 0.140. The Morgan fingerprint density at radius 3 is 2.45 bits per heavy atom. The molecule has 0 unspecified atom stereocenters. The zero-order valence-electron chi connectivity index (χ0n) is 18.4. The summed E-state index contributed by atoms with van der Waals surface area (Å²) >= 11 is 0. The fraction of sp³-hybridized carbons (Fsp3) is 0.292. The van der Waals surface area contributed by atoms with Gasteiger partial charge in [0.15, 0.2) is 0 Å². The third kappa shape index (κ3) is 4.45. The molecule has 0 aliphatic carbocycles. The van der Waals surface area contributed by atoms with Crippen LogP contribution in [0.3, 0.4) is 0 Å². The van der Waals surface area contributed by atoms with Crippen LogP contribution in [0.5, 0.6) is 0 Å². The summed E-state index contributed by atoms with van der Waals surface area (Å²) < 4.78 is 68.2. The van der Waals surface area contributed by atoms with Crippen LogP contribution >= 0.6 is 0 Å². The van der Waals surface area contributed by atoms with Gasteiger partial charge < -0.3 is 0 Å². The molecular weight excluding hydrogens is 463 g/mol. The second-order valence-corrected chi connectivity index (χ2v) is 12.1. The van der Waals surface area contributed by atoms with Gasteiger partial charge in [0.1, 0.15) is 0 Å². The highest BCUT2D eigenvalue weighted by Crippen LogP contribution is 2.37. The number of halogens is 1. The lowest BCUT2D eigenvalue weighted by atomic mass is 9.97. The highest BCUT2D eigenvalue weighted by molar-refractivity contribution is 7.91. The van der Waals surface area contributed by atoms with Crippen molar-refractivity contribution in [1.82, 2.24) is 9.51 Å². The average Bonchev–Trinajstić information content (AvgIpc) is 2.91. The van der Waals surface area contributed by atoms with Gasteiger partial charge >= 0.3 is 0 Å². The van der Waals surface area contributed by atoms with Gasteiger partial charge in [0, 0.05) is 12.4 Å². The van der Waals surface area contributed by atoms with E-state index in [0.717, 1.165) is 6.07 Å². The molecule has 1 aliphatic heterocycles. The molecule has 174 valence electrons. The minimum Gasteiger partial charge on any atom is -0.264 e. The minimum atomic E-state index is -4.58. The Bertz CT molecular complexity index is 1390. The Kier molecular flexibility index (Phi) is 6.39. The monoisotopic (exact) mass is 488 g/mol. The molecule has 0 bridgehead atoms. The summed E-state index contributed by atoms with van der Waals surface area (Å²) in [5.74, 6) is -0.250. The van der Waals surface area contributed by atoms with Crippen LogP contribution < -0.4 is 0 Å². The van der Waals surface area contributed by atoms with Crippen LogP contribution in [-0.4, -0.2) is 32.9 Å². The quantitative estimate of drug-likeness (QED) is 0.484. The molecule has 0 amide bonds. The van der Waals surface area contributed by atoms with Gasteiger partial charge in [0.25, 0.3) is 10.0 Å². The van der Waals surface area contributed by atoms with Crippen LogP contribution in [0.2, 0.25) is 0 Å². The molecule has 9 heteroatoms. The van der Waals surface area contributed by atoms with Crippen molar-refractivity contribution < 1.29 is 21.3 Å². The summed E-state index contributed by atoms with van der Waals surface area (Å²) in [6.45, 7) is 3.20. The van der Waals surface area contributed by atoms with Crippen molar-refractivity contribution in [1.29, 1.82) is 0 Å². The molecule has 6 nitrogen and oxygen atoms in total. The van der Waals surface area contributed by atoms with Crippen LogP contribution in [0.1, 0.15) is 42.0 Å². The van der Waals surface area contributed by atoms with Crippen LogP contribution in [0.4, 0.5) is 4.48 Å². The van der Waals surface area contributed by atoms with Crippen LogP contribution in [0, 0.1) is 0 Å². The zero-order chi connectivity index (χ0) is 23.8. The predicted molar refractivity (Wildman–Crippen MR) is 123 cm³/mol. The van der Waals surface area contributed by atoms with Crippen LogP contribution in [0.25, 0.3) is 0 Å². The van der Waals surface area contributed by atoms with Gasteiger partial charge in [-0.3, -0.25) is 4.98 Å². The molecule has 33 heavy (non-hydrogen) atoms. The Balaban J connectivity index is 1.80. The third-order valence-corrected chi connectivity index (χ3v) is 9.42. The number of aromatic nitrogens is 1. The van der Waals surface area contributed by atoms with Crippen LogP contribution in [0.15, 0.2) is 75.6 Å². The molecule has 1 aromatic heterocycles. The fourth-order valence-corrected chi connectivity index (χ4v) is 7.36. The Hall–Kier alpha value is -2.62. The number of sulfone groups is 1. The van der Waals surface area contributed by atoms with Crippen LogP contribution in [-0.2, 0) is 39.1 Å². The van der Waals surface area contributed by atoms with Gasteiger partial charge in [0.2, 0.25) is 9.84 Å². The van der Waals surface area contributed by atoms with E-state index in [9.17, 15) is 16.8 Å². The largest absolute Gasteiger partial charge is 0.269 e. The summed E-state index contributed by atoms with van der Waals surface area (Å²) in [5, 5.41) is 0. The lowest BCUT2D eigenvalue weighted by Crippen LogP contribution is -2.27. The van der Waals surface area contributed by atoms with Crippen molar-refractivity contribution in [3.8, 4) is 0 Å². The molecule has 1 aliphatic rings. The number of rotatable bonds is 6. The molecule has 0 fully saturated rings. The zero-order valence-corrected chi connectivity index (χ0v) is 20.0. The third-order valence-electron chi connectivity index (χ3n) is 5.87. The van der Waals surface area contributed by atoms with Gasteiger partial charge in [0.05, 0.1) is 21.2 Å². The number of nitrogens with zero attached hydrogens (tertiary/aromatic N) is 2. The smallest absolute Gasteiger partial charge is 0.264 e. The molecule has 4 rings (SSSR count). The molecule has 0 N–H and O–H groups in total. The number of hydrogen-bond donors (Lipinski definition) is 0. The van der Waals surface area contributed by atoms with Gasteiger partial charge in [-0.25, -0.2) is 16.8 Å². The molecule has 2 heterocycles.